The molecule has 0 aromatic heterocycles. The van der Waals surface area contributed by atoms with Crippen molar-refractivity contribution in [1.29, 1.82) is 0 Å². The van der Waals surface area contributed by atoms with Gasteiger partial charge in [-0.15, -0.1) is 0 Å². The van der Waals surface area contributed by atoms with E-state index in [1.807, 2.05) is 17.4 Å². The Hall–Kier alpha value is -2.62. The maximum Gasteiger partial charge on any atom is 0.321 e. The van der Waals surface area contributed by atoms with Crippen molar-refractivity contribution in [3.05, 3.63) is 60.7 Å². The molecule has 4 heteroatoms. The molecular formula is C15H14N2O2. The Morgan fingerprint density at radius 2 is 1.21 bits per heavy atom. The van der Waals surface area contributed by atoms with E-state index in [2.05, 4.69) is 53.8 Å². The van der Waals surface area contributed by atoms with Crippen LogP contribution < -0.4 is 10.6 Å². The maximum atomic E-state index is 10.1. The van der Waals surface area contributed by atoms with Crippen LogP contribution in [0.3, 0.4) is 0 Å². The molecule has 1 fully saturated rings. The Morgan fingerprint density at radius 1 is 0.737 bits per heavy atom. The monoisotopic (exact) mass is 254 g/mol. The lowest BCUT2D eigenvalue weighted by Gasteiger charge is -1.98. The second-order valence-electron chi connectivity index (χ2n) is 3.96. The fourth-order valence-electron chi connectivity index (χ4n) is 1.64. The number of rotatable bonds is 1. The van der Waals surface area contributed by atoms with Crippen LogP contribution in [0.2, 0.25) is 0 Å². The van der Waals surface area contributed by atoms with E-state index in [9.17, 15) is 9.59 Å². The quantitative estimate of drug-likeness (QED) is 0.766. The minimum Gasteiger partial charge on any atom is -0.329 e. The lowest BCUT2D eigenvalue weighted by Crippen LogP contribution is -2.22. The fourth-order valence-corrected chi connectivity index (χ4v) is 1.64. The number of benzene rings is 2. The van der Waals surface area contributed by atoms with E-state index in [-0.39, 0.29) is 12.5 Å². The molecule has 2 aromatic carbocycles. The Kier molecular flexibility index (Phi) is 4.29. The number of carbonyl (C=O) groups is 2. The van der Waals surface area contributed by atoms with Gasteiger partial charge in [0, 0.05) is 0 Å². The van der Waals surface area contributed by atoms with Crippen LogP contribution in [0, 0.1) is 0 Å². The maximum absolute atomic E-state index is 10.1. The second-order valence-corrected chi connectivity index (χ2v) is 3.96. The van der Waals surface area contributed by atoms with Gasteiger partial charge < -0.3 is 5.32 Å². The highest BCUT2D eigenvalue weighted by Gasteiger charge is 2.14. The van der Waals surface area contributed by atoms with Crippen LogP contribution in [0.25, 0.3) is 11.1 Å². The summed E-state index contributed by atoms with van der Waals surface area (Å²) in [6, 6.07) is 20.4. The predicted molar refractivity (Wildman–Crippen MR) is 73.4 cm³/mol. The van der Waals surface area contributed by atoms with E-state index in [0.717, 1.165) is 0 Å². The summed E-state index contributed by atoms with van der Waals surface area (Å²) in [7, 11) is 0. The summed E-state index contributed by atoms with van der Waals surface area (Å²) >= 11 is 0. The average molecular weight is 254 g/mol. The predicted octanol–water partition coefficient (Wildman–Crippen LogP) is 2.18. The highest BCUT2D eigenvalue weighted by Crippen LogP contribution is 2.17. The molecule has 0 spiro atoms. The molecule has 0 atom stereocenters. The van der Waals surface area contributed by atoms with Crippen molar-refractivity contribution in [2.45, 2.75) is 0 Å². The van der Waals surface area contributed by atoms with Crippen LogP contribution in [0.5, 0.6) is 0 Å². The first-order valence-electron chi connectivity index (χ1n) is 5.94. The normalized spacial score (nSPS) is 13.1. The van der Waals surface area contributed by atoms with Crippen molar-refractivity contribution in [2.24, 2.45) is 0 Å². The molecule has 1 heterocycles. The Balaban J connectivity index is 0.000000163. The third-order valence-corrected chi connectivity index (χ3v) is 2.54. The molecule has 1 aliphatic rings. The summed E-state index contributed by atoms with van der Waals surface area (Å²) < 4.78 is 0. The molecule has 0 radical (unpaired) electrons. The topological polar surface area (TPSA) is 58.2 Å². The van der Waals surface area contributed by atoms with E-state index in [4.69, 9.17) is 0 Å². The molecular weight excluding hydrogens is 240 g/mol. The first-order chi connectivity index (χ1) is 9.25. The highest BCUT2D eigenvalue weighted by molar-refractivity contribution is 6.01. The van der Waals surface area contributed by atoms with Gasteiger partial charge >= 0.3 is 6.03 Å². The molecule has 0 saturated carbocycles. The number of urea groups is 1. The van der Waals surface area contributed by atoms with E-state index in [1.54, 1.807) is 0 Å². The van der Waals surface area contributed by atoms with Gasteiger partial charge in [0.05, 0.1) is 6.54 Å². The van der Waals surface area contributed by atoms with Crippen LogP contribution in [-0.2, 0) is 4.79 Å². The molecule has 3 amide bonds. The van der Waals surface area contributed by atoms with Gasteiger partial charge in [-0.2, -0.15) is 0 Å². The van der Waals surface area contributed by atoms with Crippen LogP contribution in [-0.4, -0.2) is 18.5 Å². The van der Waals surface area contributed by atoms with Gasteiger partial charge in [0.15, 0.2) is 0 Å². The van der Waals surface area contributed by atoms with Gasteiger partial charge in [-0.1, -0.05) is 60.7 Å². The van der Waals surface area contributed by atoms with Crippen molar-refractivity contribution in [3.63, 3.8) is 0 Å². The van der Waals surface area contributed by atoms with Gasteiger partial charge in [-0.05, 0) is 11.1 Å². The lowest BCUT2D eigenvalue weighted by molar-refractivity contribution is -0.117. The fraction of sp³-hybridized carbons (Fsp3) is 0.0667. The van der Waals surface area contributed by atoms with Crippen molar-refractivity contribution >= 4 is 11.9 Å². The first-order valence-corrected chi connectivity index (χ1v) is 5.94. The molecule has 0 aliphatic carbocycles. The summed E-state index contributed by atoms with van der Waals surface area (Å²) in [5.41, 5.74) is 2.55. The lowest BCUT2D eigenvalue weighted by atomic mass is 10.1. The third kappa shape index (κ3) is 3.96. The number of hydrogen-bond acceptors (Lipinski definition) is 2. The molecule has 3 rings (SSSR count). The first kappa shape index (κ1) is 12.8. The minimum atomic E-state index is -0.398. The Bertz CT molecular complexity index is 501. The number of carbonyl (C=O) groups excluding carboxylic acids is 2. The van der Waals surface area contributed by atoms with Gasteiger partial charge in [0.2, 0.25) is 5.91 Å². The van der Waals surface area contributed by atoms with Crippen LogP contribution in [0.15, 0.2) is 60.7 Å². The van der Waals surface area contributed by atoms with E-state index >= 15 is 0 Å². The summed E-state index contributed by atoms with van der Waals surface area (Å²) in [4.78, 5) is 20.1. The zero-order chi connectivity index (χ0) is 13.5. The van der Waals surface area contributed by atoms with Gasteiger partial charge in [0.1, 0.15) is 0 Å². The molecule has 2 aromatic rings. The van der Waals surface area contributed by atoms with E-state index in [1.165, 1.54) is 11.1 Å². The molecule has 1 saturated heterocycles. The average Bonchev–Trinajstić information content (AvgIpc) is 2.85. The number of nitrogens with one attached hydrogen (secondary N) is 2. The molecule has 19 heavy (non-hydrogen) atoms. The zero-order valence-electron chi connectivity index (χ0n) is 10.3. The van der Waals surface area contributed by atoms with Gasteiger partial charge in [-0.25, -0.2) is 4.79 Å². The van der Waals surface area contributed by atoms with Crippen LogP contribution in [0.1, 0.15) is 0 Å². The molecule has 96 valence electrons. The second kappa shape index (κ2) is 6.35. The minimum absolute atomic E-state index is 0.124. The number of amides is 3. The van der Waals surface area contributed by atoms with E-state index in [0.29, 0.717) is 0 Å². The molecule has 1 aliphatic heterocycles. The summed E-state index contributed by atoms with van der Waals surface area (Å²) in [5.74, 6) is -0.259. The Labute approximate surface area is 111 Å². The molecule has 2 N–H and O–H groups in total. The molecule has 0 unspecified atom stereocenters. The highest BCUT2D eigenvalue weighted by atomic mass is 16.2. The van der Waals surface area contributed by atoms with Crippen molar-refractivity contribution in [3.8, 4) is 11.1 Å². The standard InChI is InChI=1S/C12H10.C3H4N2O2/c1-3-7-11(8-4-1)12-9-5-2-6-10-12;6-2-1-4-3(7)5-2/h1-10H;1H2,(H2,4,5,6,7). The SMILES string of the molecule is O=C1CNC(=O)N1.c1ccc(-c2ccccc2)cc1. The molecule has 4 nitrogen and oxygen atoms in total. The summed E-state index contributed by atoms with van der Waals surface area (Å²) in [6.07, 6.45) is 0. The third-order valence-electron chi connectivity index (χ3n) is 2.54. The smallest absolute Gasteiger partial charge is 0.321 e. The van der Waals surface area contributed by atoms with Gasteiger partial charge in [0.25, 0.3) is 0 Å². The molecule has 0 bridgehead atoms. The number of hydrogen-bond donors (Lipinski definition) is 2. The van der Waals surface area contributed by atoms with Crippen LogP contribution >= 0.6 is 0 Å². The van der Waals surface area contributed by atoms with Gasteiger partial charge in [-0.3, -0.25) is 10.1 Å². The van der Waals surface area contributed by atoms with E-state index < -0.39 is 6.03 Å². The van der Waals surface area contributed by atoms with Crippen LogP contribution in [0.4, 0.5) is 4.79 Å². The van der Waals surface area contributed by atoms with Crippen molar-refractivity contribution in [2.75, 3.05) is 6.54 Å². The Morgan fingerprint density at radius 3 is 1.47 bits per heavy atom. The number of imide groups is 1. The zero-order valence-corrected chi connectivity index (χ0v) is 10.3. The summed E-state index contributed by atoms with van der Waals surface area (Å²) in [6.45, 7) is 0.124. The summed E-state index contributed by atoms with van der Waals surface area (Å²) in [5, 5.41) is 4.30. The van der Waals surface area contributed by atoms with Crippen molar-refractivity contribution in [1.82, 2.24) is 10.6 Å². The largest absolute Gasteiger partial charge is 0.329 e. The van der Waals surface area contributed by atoms with Crippen molar-refractivity contribution < 1.29 is 9.59 Å².